The molecular weight excluding hydrogens is 231 g/mol. The highest BCUT2D eigenvalue weighted by Gasteiger charge is 2.41. The monoisotopic (exact) mass is 262 g/mol. The number of fused-ring (bicyclic) bond motifs is 1. The Morgan fingerprint density at radius 1 is 1.26 bits per heavy atom. The number of piperidine rings is 1. The van der Waals surface area contributed by atoms with E-state index in [1.165, 1.54) is 38.1 Å². The van der Waals surface area contributed by atoms with E-state index in [9.17, 15) is 0 Å². The lowest BCUT2D eigenvalue weighted by atomic mass is 9.55. The predicted octanol–water partition coefficient (Wildman–Crippen LogP) is 3.14. The number of rotatable bonds is 2. The zero-order valence-corrected chi connectivity index (χ0v) is 13.7. The van der Waals surface area contributed by atoms with Gasteiger partial charge in [0.15, 0.2) is 0 Å². The van der Waals surface area contributed by atoms with Crippen LogP contribution in [0.1, 0.15) is 60.3 Å². The fraction of sp³-hybridized carbons (Fsp3) is 0.938. The van der Waals surface area contributed by atoms with Gasteiger partial charge in [0, 0.05) is 24.5 Å². The van der Waals surface area contributed by atoms with Crippen molar-refractivity contribution >= 4 is 13.7 Å². The van der Waals surface area contributed by atoms with E-state index in [1.54, 1.807) is 0 Å². The van der Waals surface area contributed by atoms with E-state index in [0.717, 1.165) is 11.8 Å². The van der Waals surface area contributed by atoms with Crippen LogP contribution in [0.4, 0.5) is 0 Å². The van der Waals surface area contributed by atoms with Gasteiger partial charge >= 0.3 is 0 Å². The van der Waals surface area contributed by atoms with Crippen LogP contribution in [0.2, 0.25) is 5.31 Å². The van der Waals surface area contributed by atoms with Crippen LogP contribution in [0, 0.1) is 11.8 Å². The van der Waals surface area contributed by atoms with E-state index < -0.39 is 0 Å². The van der Waals surface area contributed by atoms with E-state index in [4.69, 9.17) is 4.99 Å². The first-order valence-electron chi connectivity index (χ1n) is 8.14. The van der Waals surface area contributed by atoms with Gasteiger partial charge in [-0.1, -0.05) is 25.1 Å². The standard InChI is InChI=1S/C16H31BN2/c1-11(2)18-15-14-6-8-16(5,17)10-13(14)7-9-19(15)12(3)4/h11-14H,6-10,17H2,1-5H3/b18-15+. The normalized spacial score (nSPS) is 38.1. The largest absolute Gasteiger partial charge is 0.358 e. The topological polar surface area (TPSA) is 15.6 Å². The van der Waals surface area contributed by atoms with Crippen molar-refractivity contribution in [2.45, 2.75) is 77.7 Å². The van der Waals surface area contributed by atoms with Crippen LogP contribution >= 0.6 is 0 Å². The first-order valence-corrected chi connectivity index (χ1v) is 8.14. The van der Waals surface area contributed by atoms with Crippen molar-refractivity contribution in [2.24, 2.45) is 16.8 Å². The molecule has 1 aliphatic carbocycles. The lowest BCUT2D eigenvalue weighted by molar-refractivity contribution is 0.161. The predicted molar refractivity (Wildman–Crippen MR) is 86.8 cm³/mol. The second-order valence-electron chi connectivity index (χ2n) is 7.93. The lowest BCUT2D eigenvalue weighted by Crippen LogP contribution is -2.51. The summed E-state index contributed by atoms with van der Waals surface area (Å²) in [6.45, 7) is 12.7. The fourth-order valence-corrected chi connectivity index (χ4v) is 3.97. The summed E-state index contributed by atoms with van der Waals surface area (Å²) in [7, 11) is 2.44. The summed E-state index contributed by atoms with van der Waals surface area (Å²) in [5, 5.41) is 0.546. The number of amidine groups is 1. The van der Waals surface area contributed by atoms with Crippen molar-refractivity contribution in [3.63, 3.8) is 0 Å². The second kappa shape index (κ2) is 5.50. The Bertz CT molecular complexity index is 347. The first kappa shape index (κ1) is 14.9. The van der Waals surface area contributed by atoms with Gasteiger partial charge in [0.25, 0.3) is 0 Å². The van der Waals surface area contributed by atoms with Gasteiger partial charge in [-0.3, -0.25) is 4.99 Å². The summed E-state index contributed by atoms with van der Waals surface area (Å²) in [6.07, 6.45) is 5.45. The van der Waals surface area contributed by atoms with Crippen molar-refractivity contribution in [2.75, 3.05) is 6.54 Å². The Balaban J connectivity index is 2.23. The highest BCUT2D eigenvalue weighted by atomic mass is 15.2. The molecule has 19 heavy (non-hydrogen) atoms. The third-order valence-corrected chi connectivity index (χ3v) is 4.90. The molecule has 1 saturated heterocycles. The van der Waals surface area contributed by atoms with Crippen LogP contribution in [-0.4, -0.2) is 37.2 Å². The number of likely N-dealkylation sites (tertiary alicyclic amines) is 1. The molecule has 0 spiro atoms. The zero-order chi connectivity index (χ0) is 14.2. The summed E-state index contributed by atoms with van der Waals surface area (Å²) < 4.78 is 0. The number of aliphatic imine (C=N–C) groups is 1. The van der Waals surface area contributed by atoms with Gasteiger partial charge in [-0.15, -0.1) is 0 Å². The molecule has 3 atom stereocenters. The molecule has 0 aromatic rings. The van der Waals surface area contributed by atoms with E-state index in [-0.39, 0.29) is 0 Å². The zero-order valence-electron chi connectivity index (χ0n) is 13.7. The molecule has 0 radical (unpaired) electrons. The van der Waals surface area contributed by atoms with Gasteiger partial charge in [0.2, 0.25) is 0 Å². The molecular formula is C16H31BN2. The third-order valence-electron chi connectivity index (χ3n) is 4.90. The van der Waals surface area contributed by atoms with Gasteiger partial charge in [-0.05, 0) is 46.5 Å². The van der Waals surface area contributed by atoms with Crippen LogP contribution in [0.15, 0.2) is 4.99 Å². The molecule has 0 amide bonds. The first-order chi connectivity index (χ1) is 8.80. The summed E-state index contributed by atoms with van der Waals surface area (Å²) in [5.74, 6) is 3.03. The summed E-state index contributed by atoms with van der Waals surface area (Å²) in [6, 6.07) is 1.01. The molecule has 2 fully saturated rings. The summed E-state index contributed by atoms with van der Waals surface area (Å²) >= 11 is 0. The van der Waals surface area contributed by atoms with Crippen molar-refractivity contribution < 1.29 is 0 Å². The molecule has 108 valence electrons. The van der Waals surface area contributed by atoms with Gasteiger partial charge in [-0.2, -0.15) is 0 Å². The molecule has 3 unspecified atom stereocenters. The van der Waals surface area contributed by atoms with Gasteiger partial charge in [0.05, 0.1) is 0 Å². The Kier molecular flexibility index (Phi) is 4.32. The molecule has 0 bridgehead atoms. The van der Waals surface area contributed by atoms with E-state index in [2.05, 4.69) is 47.4 Å². The number of hydrogen-bond donors (Lipinski definition) is 0. The van der Waals surface area contributed by atoms with E-state index in [1.807, 2.05) is 0 Å². The average molecular weight is 262 g/mol. The maximum Gasteiger partial charge on any atom is 0.109 e. The molecule has 1 saturated carbocycles. The molecule has 2 aliphatic rings. The van der Waals surface area contributed by atoms with Crippen LogP contribution in [-0.2, 0) is 0 Å². The Hall–Kier alpha value is -0.465. The van der Waals surface area contributed by atoms with Crippen LogP contribution in [0.25, 0.3) is 0 Å². The highest BCUT2D eigenvalue weighted by Crippen LogP contribution is 2.48. The Morgan fingerprint density at radius 2 is 1.95 bits per heavy atom. The van der Waals surface area contributed by atoms with Crippen molar-refractivity contribution in [3.8, 4) is 0 Å². The molecule has 2 rings (SSSR count). The van der Waals surface area contributed by atoms with Gasteiger partial charge < -0.3 is 4.90 Å². The molecule has 0 aromatic carbocycles. The van der Waals surface area contributed by atoms with Crippen LogP contribution < -0.4 is 0 Å². The molecule has 0 aromatic heterocycles. The molecule has 1 aliphatic heterocycles. The molecule has 0 N–H and O–H groups in total. The van der Waals surface area contributed by atoms with Crippen LogP contribution in [0.5, 0.6) is 0 Å². The number of hydrogen-bond acceptors (Lipinski definition) is 1. The number of nitrogens with zero attached hydrogens (tertiary/aromatic N) is 2. The van der Waals surface area contributed by atoms with Crippen molar-refractivity contribution in [3.05, 3.63) is 0 Å². The van der Waals surface area contributed by atoms with Crippen molar-refractivity contribution in [1.29, 1.82) is 0 Å². The Labute approximate surface area is 120 Å². The average Bonchev–Trinajstić information content (AvgIpc) is 2.26. The van der Waals surface area contributed by atoms with Crippen molar-refractivity contribution in [1.82, 2.24) is 4.90 Å². The maximum absolute atomic E-state index is 5.01. The minimum absolute atomic E-state index is 0.421. The molecule has 2 nitrogen and oxygen atoms in total. The summed E-state index contributed by atoms with van der Waals surface area (Å²) in [4.78, 5) is 7.58. The van der Waals surface area contributed by atoms with Gasteiger partial charge in [-0.25, -0.2) is 0 Å². The van der Waals surface area contributed by atoms with Gasteiger partial charge in [0.1, 0.15) is 13.7 Å². The smallest absolute Gasteiger partial charge is 0.109 e. The lowest BCUT2D eigenvalue weighted by Gasteiger charge is -2.49. The maximum atomic E-state index is 5.01. The summed E-state index contributed by atoms with van der Waals surface area (Å²) in [5.41, 5.74) is 0. The SMILES string of the molecule is BC1(C)CCC2/C(=N\C(C)C)N(C(C)C)CCC2C1. The second-order valence-corrected chi connectivity index (χ2v) is 7.93. The molecule has 3 heteroatoms. The minimum Gasteiger partial charge on any atom is -0.358 e. The Morgan fingerprint density at radius 3 is 2.53 bits per heavy atom. The quantitative estimate of drug-likeness (QED) is 0.698. The fourth-order valence-electron chi connectivity index (χ4n) is 3.97. The highest BCUT2D eigenvalue weighted by molar-refractivity contribution is 6.15. The molecule has 1 heterocycles. The van der Waals surface area contributed by atoms with E-state index in [0.29, 0.717) is 17.4 Å². The third kappa shape index (κ3) is 3.35. The van der Waals surface area contributed by atoms with E-state index >= 15 is 0 Å². The minimum atomic E-state index is 0.421. The van der Waals surface area contributed by atoms with Crippen LogP contribution in [0.3, 0.4) is 0 Å².